The summed E-state index contributed by atoms with van der Waals surface area (Å²) in [6.07, 6.45) is 0.225. The maximum Gasteiger partial charge on any atom is 0.407 e. The van der Waals surface area contributed by atoms with Crippen LogP contribution in [0.3, 0.4) is 0 Å². The first-order chi connectivity index (χ1) is 12.2. The lowest BCUT2D eigenvalue weighted by Gasteiger charge is -2.26. The van der Waals surface area contributed by atoms with Crippen molar-refractivity contribution in [1.29, 1.82) is 0 Å². The van der Waals surface area contributed by atoms with E-state index >= 15 is 0 Å². The normalized spacial score (nSPS) is 15.9. The van der Waals surface area contributed by atoms with Gasteiger partial charge < -0.3 is 24.3 Å². The number of carbonyl (C=O) groups is 1. The van der Waals surface area contributed by atoms with E-state index in [1.807, 2.05) is 36.4 Å². The average molecular weight is 380 g/mol. The number of alkyl carbamates (subject to hydrolysis) is 1. The fourth-order valence-electron chi connectivity index (χ4n) is 2.77. The van der Waals surface area contributed by atoms with E-state index in [2.05, 4.69) is 5.32 Å². The van der Waals surface area contributed by atoms with Gasteiger partial charge in [-0.25, -0.2) is 4.79 Å². The second kappa shape index (κ2) is 9.20. The number of ether oxygens (including phenoxy) is 4. The van der Waals surface area contributed by atoms with Crippen LogP contribution in [-0.2, 0) is 11.3 Å². The highest BCUT2D eigenvalue weighted by molar-refractivity contribution is 5.85. The number of carbonyl (C=O) groups excluding carboxylic acids is 1. The summed E-state index contributed by atoms with van der Waals surface area (Å²) in [6.45, 7) is 0.781. The summed E-state index contributed by atoms with van der Waals surface area (Å²) in [7, 11) is 3.16. The molecule has 7 heteroatoms. The molecule has 0 radical (unpaired) electrons. The van der Waals surface area contributed by atoms with Crippen molar-refractivity contribution in [1.82, 2.24) is 5.32 Å². The number of amides is 1. The van der Waals surface area contributed by atoms with Crippen molar-refractivity contribution in [2.24, 2.45) is 0 Å². The van der Waals surface area contributed by atoms with E-state index in [0.29, 0.717) is 36.9 Å². The lowest BCUT2D eigenvalue weighted by molar-refractivity contribution is 0.115. The minimum Gasteiger partial charge on any atom is -0.493 e. The number of methoxy groups -OCH3 is 2. The molecular weight excluding hydrogens is 358 g/mol. The standard InChI is InChI=1S/C19H21NO5.ClH/c1-22-17-10-14(15-8-9-24-19(21)20-15)16(11-18(17)23-2)25-12-13-6-4-3-5-7-13;/h3-7,10-11,15H,8-9,12H2,1-2H3,(H,20,21);1H/t15-;/m0./s1. The molecule has 3 rings (SSSR count). The van der Waals surface area contributed by atoms with Crippen LogP contribution in [-0.4, -0.2) is 26.9 Å². The Morgan fingerprint density at radius 1 is 1.08 bits per heavy atom. The molecule has 0 aromatic heterocycles. The van der Waals surface area contributed by atoms with Gasteiger partial charge in [-0.1, -0.05) is 30.3 Å². The summed E-state index contributed by atoms with van der Waals surface area (Å²) >= 11 is 0. The van der Waals surface area contributed by atoms with E-state index in [1.54, 1.807) is 20.3 Å². The molecule has 1 saturated heterocycles. The van der Waals surface area contributed by atoms with Gasteiger partial charge in [-0.05, 0) is 11.6 Å². The molecule has 0 aliphatic carbocycles. The fourth-order valence-corrected chi connectivity index (χ4v) is 2.77. The maximum atomic E-state index is 11.6. The molecule has 1 aliphatic heterocycles. The quantitative estimate of drug-likeness (QED) is 0.825. The van der Waals surface area contributed by atoms with Gasteiger partial charge in [0.1, 0.15) is 12.4 Å². The summed E-state index contributed by atoms with van der Waals surface area (Å²) in [5.41, 5.74) is 1.89. The second-order valence-corrected chi connectivity index (χ2v) is 5.64. The van der Waals surface area contributed by atoms with Crippen molar-refractivity contribution >= 4 is 18.5 Å². The minimum atomic E-state index is -0.431. The Balaban J connectivity index is 0.00000243. The Bertz CT molecular complexity index is 738. The molecule has 140 valence electrons. The summed E-state index contributed by atoms with van der Waals surface area (Å²) in [5.74, 6) is 1.81. The molecule has 1 heterocycles. The first-order valence-corrected chi connectivity index (χ1v) is 8.07. The van der Waals surface area contributed by atoms with E-state index in [4.69, 9.17) is 18.9 Å². The summed E-state index contributed by atoms with van der Waals surface area (Å²) < 4.78 is 21.7. The van der Waals surface area contributed by atoms with Gasteiger partial charge in [-0.15, -0.1) is 12.4 Å². The maximum absolute atomic E-state index is 11.6. The Morgan fingerprint density at radius 3 is 2.42 bits per heavy atom. The fraction of sp³-hybridized carbons (Fsp3) is 0.316. The van der Waals surface area contributed by atoms with Crippen LogP contribution in [0.25, 0.3) is 0 Å². The van der Waals surface area contributed by atoms with Gasteiger partial charge in [-0.3, -0.25) is 0 Å². The molecule has 0 bridgehead atoms. The van der Waals surface area contributed by atoms with Gasteiger partial charge in [0.25, 0.3) is 0 Å². The van der Waals surface area contributed by atoms with Crippen LogP contribution in [0.4, 0.5) is 4.79 Å². The SMILES string of the molecule is COc1cc(OCc2ccccc2)c([C@@H]2CCOC(=O)N2)cc1OC.Cl. The number of cyclic esters (lactones) is 1. The Kier molecular flexibility index (Phi) is 6.97. The van der Waals surface area contributed by atoms with Crippen molar-refractivity contribution in [3.05, 3.63) is 53.6 Å². The predicted molar refractivity (Wildman–Crippen MR) is 99.4 cm³/mol. The third-order valence-corrected chi connectivity index (χ3v) is 4.06. The first kappa shape index (κ1) is 19.7. The highest BCUT2D eigenvalue weighted by Gasteiger charge is 2.26. The topological polar surface area (TPSA) is 66.0 Å². The summed E-state index contributed by atoms with van der Waals surface area (Å²) in [4.78, 5) is 11.6. The molecule has 0 unspecified atom stereocenters. The van der Waals surface area contributed by atoms with Crippen LogP contribution < -0.4 is 19.5 Å². The van der Waals surface area contributed by atoms with Crippen molar-refractivity contribution in [3.63, 3.8) is 0 Å². The number of benzene rings is 2. The molecule has 0 spiro atoms. The molecule has 1 aliphatic rings. The van der Waals surface area contributed by atoms with Crippen molar-refractivity contribution in [3.8, 4) is 17.2 Å². The van der Waals surface area contributed by atoms with Crippen LogP contribution in [0.15, 0.2) is 42.5 Å². The van der Waals surface area contributed by atoms with Gasteiger partial charge in [0.15, 0.2) is 11.5 Å². The van der Waals surface area contributed by atoms with Crippen molar-refractivity contribution in [2.45, 2.75) is 19.1 Å². The number of hydrogen-bond acceptors (Lipinski definition) is 5. The smallest absolute Gasteiger partial charge is 0.407 e. The molecule has 6 nitrogen and oxygen atoms in total. The van der Waals surface area contributed by atoms with Crippen LogP contribution in [0.5, 0.6) is 17.2 Å². The molecule has 0 saturated carbocycles. The molecule has 1 N–H and O–H groups in total. The minimum absolute atomic E-state index is 0. The first-order valence-electron chi connectivity index (χ1n) is 8.07. The van der Waals surface area contributed by atoms with Crippen LogP contribution >= 0.6 is 12.4 Å². The Morgan fingerprint density at radius 2 is 1.77 bits per heavy atom. The van der Waals surface area contributed by atoms with Gasteiger partial charge >= 0.3 is 6.09 Å². The van der Waals surface area contributed by atoms with Crippen molar-refractivity contribution < 1.29 is 23.7 Å². The van der Waals surface area contributed by atoms with E-state index < -0.39 is 6.09 Å². The van der Waals surface area contributed by atoms with Crippen LogP contribution in [0.1, 0.15) is 23.6 Å². The molecule has 2 aromatic rings. The predicted octanol–water partition coefficient (Wildman–Crippen LogP) is 3.88. The van der Waals surface area contributed by atoms with E-state index in [1.165, 1.54) is 0 Å². The van der Waals surface area contributed by atoms with Gasteiger partial charge in [0.05, 0.1) is 26.9 Å². The number of hydrogen-bond donors (Lipinski definition) is 1. The van der Waals surface area contributed by atoms with Crippen molar-refractivity contribution in [2.75, 3.05) is 20.8 Å². The highest BCUT2D eigenvalue weighted by Crippen LogP contribution is 2.39. The van der Waals surface area contributed by atoms with E-state index in [-0.39, 0.29) is 18.4 Å². The van der Waals surface area contributed by atoms with Gasteiger partial charge in [0.2, 0.25) is 0 Å². The Labute approximate surface area is 158 Å². The summed E-state index contributed by atoms with van der Waals surface area (Å²) in [6, 6.07) is 13.3. The van der Waals surface area contributed by atoms with Crippen LogP contribution in [0.2, 0.25) is 0 Å². The highest BCUT2D eigenvalue weighted by atomic mass is 35.5. The largest absolute Gasteiger partial charge is 0.493 e. The summed E-state index contributed by atoms with van der Waals surface area (Å²) in [5, 5.41) is 2.82. The molecule has 2 aromatic carbocycles. The van der Waals surface area contributed by atoms with E-state index in [0.717, 1.165) is 11.1 Å². The molecule has 26 heavy (non-hydrogen) atoms. The zero-order valence-electron chi connectivity index (χ0n) is 14.7. The van der Waals surface area contributed by atoms with Crippen LogP contribution in [0, 0.1) is 0 Å². The van der Waals surface area contributed by atoms with E-state index in [9.17, 15) is 4.79 Å². The number of nitrogens with one attached hydrogen (secondary N) is 1. The number of halogens is 1. The lowest BCUT2D eigenvalue weighted by Crippen LogP contribution is -2.35. The monoisotopic (exact) mass is 379 g/mol. The molecular formula is C19H22ClNO5. The molecule has 1 amide bonds. The zero-order valence-corrected chi connectivity index (χ0v) is 15.5. The molecule has 1 fully saturated rings. The van der Waals surface area contributed by atoms with Gasteiger partial charge in [0, 0.05) is 18.1 Å². The zero-order chi connectivity index (χ0) is 17.6. The number of rotatable bonds is 6. The lowest BCUT2D eigenvalue weighted by atomic mass is 10.0. The third kappa shape index (κ3) is 4.52. The third-order valence-electron chi connectivity index (χ3n) is 4.06. The second-order valence-electron chi connectivity index (χ2n) is 5.64. The molecule has 1 atom stereocenters. The van der Waals surface area contributed by atoms with Gasteiger partial charge in [-0.2, -0.15) is 0 Å². The average Bonchev–Trinajstić information content (AvgIpc) is 2.66. The Hall–Kier alpha value is -2.60.